The van der Waals surface area contributed by atoms with E-state index in [1.807, 2.05) is 6.07 Å². The summed E-state index contributed by atoms with van der Waals surface area (Å²) < 4.78 is 29.3. The lowest BCUT2D eigenvalue weighted by atomic mass is 9.95. The van der Waals surface area contributed by atoms with E-state index in [2.05, 4.69) is 5.32 Å². The maximum absolute atomic E-state index is 12.7. The molecule has 1 aliphatic rings. The molecule has 0 aromatic heterocycles. The predicted octanol–water partition coefficient (Wildman–Crippen LogP) is 2.87. The van der Waals surface area contributed by atoms with Gasteiger partial charge in [-0.2, -0.15) is 0 Å². The fourth-order valence-corrected chi connectivity index (χ4v) is 3.82. The van der Waals surface area contributed by atoms with Crippen molar-refractivity contribution in [1.29, 1.82) is 0 Å². The van der Waals surface area contributed by atoms with Gasteiger partial charge in [0.2, 0.25) is 17.1 Å². The molecule has 2 aromatic rings. The Balaban J connectivity index is 2.39. The van der Waals surface area contributed by atoms with E-state index in [1.54, 1.807) is 12.1 Å². The van der Waals surface area contributed by atoms with Gasteiger partial charge in [0.05, 0.1) is 35.8 Å². The van der Waals surface area contributed by atoms with Crippen LogP contribution in [0.1, 0.15) is 31.9 Å². The molecule has 7 heteroatoms. The summed E-state index contributed by atoms with van der Waals surface area (Å²) in [7, 11) is 4.20. The van der Waals surface area contributed by atoms with Crippen molar-refractivity contribution in [2.45, 2.75) is 25.8 Å². The highest BCUT2D eigenvalue weighted by Gasteiger charge is 2.29. The Labute approximate surface area is 171 Å². The van der Waals surface area contributed by atoms with E-state index < -0.39 is 0 Å². The highest BCUT2D eigenvalue weighted by atomic mass is 16.5. The monoisotopic (exact) mass is 401 g/mol. The molecule has 7 nitrogen and oxygen atoms in total. The van der Waals surface area contributed by atoms with Crippen molar-refractivity contribution in [3.63, 3.8) is 0 Å². The minimum atomic E-state index is -0.369. The van der Waals surface area contributed by atoms with Crippen molar-refractivity contribution in [2.75, 3.05) is 28.4 Å². The van der Waals surface area contributed by atoms with E-state index in [-0.39, 0.29) is 30.2 Å². The summed E-state index contributed by atoms with van der Waals surface area (Å²) in [4.78, 5) is 24.5. The number of fused-ring (bicyclic) bond motifs is 3. The first-order valence-corrected chi connectivity index (χ1v) is 9.14. The second-order valence-corrected chi connectivity index (χ2v) is 6.69. The molecule has 0 heterocycles. The molecule has 0 spiro atoms. The zero-order valence-corrected chi connectivity index (χ0v) is 17.0. The van der Waals surface area contributed by atoms with Crippen molar-refractivity contribution in [3.05, 3.63) is 45.6 Å². The zero-order valence-electron chi connectivity index (χ0n) is 18.0. The molecule has 0 saturated carbocycles. The van der Waals surface area contributed by atoms with Crippen molar-refractivity contribution < 1.29 is 25.1 Å². The Morgan fingerprint density at radius 2 is 1.83 bits per heavy atom. The fourth-order valence-electron chi connectivity index (χ4n) is 3.82. The van der Waals surface area contributed by atoms with Gasteiger partial charge >= 0.3 is 0 Å². The first kappa shape index (κ1) is 19.1. The predicted molar refractivity (Wildman–Crippen MR) is 109 cm³/mol. The number of methoxy groups -OCH3 is 4. The highest BCUT2D eigenvalue weighted by Crippen LogP contribution is 2.50. The van der Waals surface area contributed by atoms with Gasteiger partial charge in [0.15, 0.2) is 17.2 Å². The normalized spacial score (nSPS) is 15.2. The molecule has 1 aliphatic carbocycles. The van der Waals surface area contributed by atoms with Gasteiger partial charge in [0, 0.05) is 12.5 Å². The smallest absolute Gasteiger partial charge is 0.220 e. The molecule has 29 heavy (non-hydrogen) atoms. The Bertz CT molecular complexity index is 1020. The maximum atomic E-state index is 12.7. The Kier molecular flexibility index (Phi) is 5.55. The van der Waals surface area contributed by atoms with Crippen LogP contribution in [0.3, 0.4) is 0 Å². The number of nitrogens with one attached hydrogen (secondary N) is 1. The number of carbonyl (C=O) groups is 1. The summed E-state index contributed by atoms with van der Waals surface area (Å²) in [5.74, 6) is 1.23. The van der Waals surface area contributed by atoms with Crippen molar-refractivity contribution in [1.82, 2.24) is 5.32 Å². The number of hydrogen-bond acceptors (Lipinski definition) is 6. The van der Waals surface area contributed by atoms with Crippen LogP contribution in [0.4, 0.5) is 0 Å². The number of amides is 1. The van der Waals surface area contributed by atoms with Crippen molar-refractivity contribution in [2.24, 2.45) is 0 Å². The van der Waals surface area contributed by atoms with Crippen molar-refractivity contribution >= 4 is 5.91 Å². The zero-order chi connectivity index (χ0) is 21.8. The summed E-state index contributed by atoms with van der Waals surface area (Å²) in [5, 5.41) is 2.95. The van der Waals surface area contributed by atoms with Crippen LogP contribution in [-0.2, 0) is 11.2 Å². The average molecular weight is 401 g/mol. The summed E-state index contributed by atoms with van der Waals surface area (Å²) in [6.07, 6.45) is 1.17. The number of aryl methyl sites for hydroxylation is 1. The van der Waals surface area contributed by atoms with Crippen LogP contribution < -0.4 is 29.7 Å². The van der Waals surface area contributed by atoms with Gasteiger partial charge in [0.1, 0.15) is 0 Å². The molecule has 0 aliphatic heterocycles. The quantitative estimate of drug-likeness (QED) is 0.830. The lowest BCUT2D eigenvalue weighted by molar-refractivity contribution is -0.119. The van der Waals surface area contributed by atoms with Crippen LogP contribution >= 0.6 is 0 Å². The van der Waals surface area contributed by atoms with Crippen LogP contribution in [0.2, 0.25) is 0 Å². The molecule has 0 unspecified atom stereocenters. The number of carbonyl (C=O) groups excluding carboxylic acids is 1. The summed E-state index contributed by atoms with van der Waals surface area (Å²) >= 11 is 0. The SMILES string of the molecule is [3H]COc1cc2c(c(OC)c1OC)-c1ccc(OC)c(=O)cc1[C@@H](NC(C)=O)CC2. The van der Waals surface area contributed by atoms with Gasteiger partial charge in [-0.3, -0.25) is 9.59 Å². The molecular formula is C22H25NO6. The van der Waals surface area contributed by atoms with E-state index in [0.29, 0.717) is 35.7 Å². The lowest BCUT2D eigenvalue weighted by Gasteiger charge is -2.19. The minimum absolute atomic E-state index is 0.189. The third-order valence-corrected chi connectivity index (χ3v) is 5.03. The molecule has 154 valence electrons. The van der Waals surface area contributed by atoms with Crippen LogP contribution in [0.15, 0.2) is 29.1 Å². The second-order valence-electron chi connectivity index (χ2n) is 6.69. The van der Waals surface area contributed by atoms with Crippen molar-refractivity contribution in [3.8, 4) is 34.1 Å². The van der Waals surface area contributed by atoms with Gasteiger partial charge in [-0.1, -0.05) is 6.07 Å². The molecular weight excluding hydrogens is 374 g/mol. The third-order valence-electron chi connectivity index (χ3n) is 5.03. The van der Waals surface area contributed by atoms with Gasteiger partial charge < -0.3 is 24.3 Å². The number of benzene rings is 1. The van der Waals surface area contributed by atoms with Crippen LogP contribution in [0.25, 0.3) is 11.1 Å². The Morgan fingerprint density at radius 3 is 2.45 bits per heavy atom. The third kappa shape index (κ3) is 3.72. The summed E-state index contributed by atoms with van der Waals surface area (Å²) in [6.45, 7) is 1.45. The van der Waals surface area contributed by atoms with E-state index >= 15 is 0 Å². The topological polar surface area (TPSA) is 83.1 Å². The Hall–Kier alpha value is -3.22. The molecule has 0 radical (unpaired) electrons. The number of rotatable bonds is 5. The van der Waals surface area contributed by atoms with Crippen LogP contribution in [0, 0.1) is 0 Å². The van der Waals surface area contributed by atoms with Gasteiger partial charge in [0.25, 0.3) is 0 Å². The molecule has 1 atom stereocenters. The highest BCUT2D eigenvalue weighted by molar-refractivity contribution is 5.83. The minimum Gasteiger partial charge on any atom is -0.493 e. The summed E-state index contributed by atoms with van der Waals surface area (Å²) in [6, 6.07) is 6.37. The largest absolute Gasteiger partial charge is 0.493 e. The number of ether oxygens (including phenoxy) is 4. The van der Waals surface area contributed by atoms with Gasteiger partial charge in [-0.05, 0) is 47.7 Å². The van der Waals surface area contributed by atoms with Gasteiger partial charge in [-0.25, -0.2) is 0 Å². The molecule has 0 fully saturated rings. The molecule has 3 rings (SSSR count). The average Bonchev–Trinajstić information content (AvgIpc) is 2.96. The molecule has 1 N–H and O–H groups in total. The van der Waals surface area contributed by atoms with Crippen LogP contribution in [-0.4, -0.2) is 34.3 Å². The van der Waals surface area contributed by atoms with E-state index in [9.17, 15) is 9.59 Å². The first-order valence-electron chi connectivity index (χ1n) is 9.85. The lowest BCUT2D eigenvalue weighted by Crippen LogP contribution is -2.26. The summed E-state index contributed by atoms with van der Waals surface area (Å²) in [5.41, 5.74) is 2.79. The van der Waals surface area contributed by atoms with E-state index in [0.717, 1.165) is 16.7 Å². The fraction of sp³-hybridized carbons (Fsp3) is 0.364. The molecule has 1 amide bonds. The second kappa shape index (κ2) is 8.43. The molecule has 0 saturated heterocycles. The standard InChI is InChI=1S/C22H25NO6/c1-12(24)23-16-8-6-13-10-19(27-3)21(28-4)22(29-5)20(13)14-7-9-18(26-2)17(25)11-15(14)16/h7,9-11,16H,6,8H2,1-5H3,(H,23,24)/t16-/m0/s1/i3T. The first-order chi connectivity index (χ1) is 14.4. The van der Waals surface area contributed by atoms with Crippen LogP contribution in [0.5, 0.6) is 23.0 Å². The van der Waals surface area contributed by atoms with E-state index in [1.165, 1.54) is 34.3 Å². The Morgan fingerprint density at radius 1 is 1.07 bits per heavy atom. The molecule has 2 aromatic carbocycles. The van der Waals surface area contributed by atoms with E-state index in [4.69, 9.17) is 20.3 Å². The number of hydrogen-bond donors (Lipinski definition) is 1. The van der Waals surface area contributed by atoms with Gasteiger partial charge in [-0.15, -0.1) is 0 Å². The molecule has 0 bridgehead atoms. The maximum Gasteiger partial charge on any atom is 0.220 e.